The molecule has 0 saturated carbocycles. The number of rotatable bonds is 3. The first-order chi connectivity index (χ1) is 8.10. The molecule has 1 aromatic carbocycles. The molecule has 0 fully saturated rings. The SMILES string of the molecule is CC.CNc1ccc(C(=O)N(C)C)c(OC)c1. The predicted molar refractivity (Wildman–Crippen MR) is 71.9 cm³/mol. The number of benzene rings is 1. The molecule has 1 amide bonds. The van der Waals surface area contributed by atoms with Crippen LogP contribution in [0.25, 0.3) is 0 Å². The minimum absolute atomic E-state index is 0.0606. The molecule has 0 aliphatic carbocycles. The highest BCUT2D eigenvalue weighted by atomic mass is 16.5. The summed E-state index contributed by atoms with van der Waals surface area (Å²) >= 11 is 0. The van der Waals surface area contributed by atoms with Gasteiger partial charge in [0.15, 0.2) is 0 Å². The number of hydrogen-bond donors (Lipinski definition) is 1. The molecule has 0 spiro atoms. The Bertz CT molecular complexity index is 362. The molecule has 1 aromatic rings. The quantitative estimate of drug-likeness (QED) is 0.879. The number of amides is 1. The summed E-state index contributed by atoms with van der Waals surface area (Å²) < 4.78 is 5.17. The van der Waals surface area contributed by atoms with Crippen LogP contribution in [0.3, 0.4) is 0 Å². The largest absolute Gasteiger partial charge is 0.496 e. The van der Waals surface area contributed by atoms with Gasteiger partial charge in [-0.25, -0.2) is 0 Å². The molecule has 0 bridgehead atoms. The number of nitrogens with zero attached hydrogens (tertiary/aromatic N) is 1. The summed E-state index contributed by atoms with van der Waals surface area (Å²) in [5, 5.41) is 2.99. The lowest BCUT2D eigenvalue weighted by atomic mass is 10.1. The molecular formula is C13H22N2O2. The first-order valence-electron chi connectivity index (χ1n) is 5.67. The van der Waals surface area contributed by atoms with Crippen molar-refractivity contribution in [2.24, 2.45) is 0 Å². The molecule has 96 valence electrons. The van der Waals surface area contributed by atoms with E-state index in [-0.39, 0.29) is 5.91 Å². The number of methoxy groups -OCH3 is 1. The van der Waals surface area contributed by atoms with Crippen molar-refractivity contribution in [1.82, 2.24) is 4.90 Å². The fraction of sp³-hybridized carbons (Fsp3) is 0.462. The average molecular weight is 238 g/mol. The van der Waals surface area contributed by atoms with Crippen LogP contribution in [0.1, 0.15) is 24.2 Å². The van der Waals surface area contributed by atoms with Gasteiger partial charge in [-0.1, -0.05) is 13.8 Å². The lowest BCUT2D eigenvalue weighted by Crippen LogP contribution is -2.22. The maximum atomic E-state index is 11.7. The molecule has 17 heavy (non-hydrogen) atoms. The summed E-state index contributed by atoms with van der Waals surface area (Å²) in [5.74, 6) is 0.523. The van der Waals surface area contributed by atoms with Crippen molar-refractivity contribution in [1.29, 1.82) is 0 Å². The van der Waals surface area contributed by atoms with Crippen molar-refractivity contribution in [3.63, 3.8) is 0 Å². The van der Waals surface area contributed by atoms with Gasteiger partial charge in [-0.2, -0.15) is 0 Å². The highest BCUT2D eigenvalue weighted by molar-refractivity contribution is 5.97. The number of carbonyl (C=O) groups excluding carboxylic acids is 1. The maximum absolute atomic E-state index is 11.7. The van der Waals surface area contributed by atoms with Crippen LogP contribution in [0, 0.1) is 0 Å². The van der Waals surface area contributed by atoms with Crippen molar-refractivity contribution >= 4 is 11.6 Å². The molecule has 4 heteroatoms. The van der Waals surface area contributed by atoms with Gasteiger partial charge < -0.3 is 15.0 Å². The van der Waals surface area contributed by atoms with Gasteiger partial charge in [0.05, 0.1) is 12.7 Å². The van der Waals surface area contributed by atoms with Gasteiger partial charge in [0.25, 0.3) is 5.91 Å². The zero-order valence-electron chi connectivity index (χ0n) is 11.5. The highest BCUT2D eigenvalue weighted by Gasteiger charge is 2.13. The zero-order chi connectivity index (χ0) is 13.4. The third kappa shape index (κ3) is 3.98. The van der Waals surface area contributed by atoms with Gasteiger partial charge in [-0.05, 0) is 12.1 Å². The third-order valence-electron chi connectivity index (χ3n) is 2.13. The summed E-state index contributed by atoms with van der Waals surface area (Å²) in [7, 11) is 6.81. The number of anilines is 1. The molecule has 0 atom stereocenters. The molecule has 1 N–H and O–H groups in total. The van der Waals surface area contributed by atoms with Gasteiger partial charge in [0.2, 0.25) is 0 Å². The Morgan fingerprint density at radius 1 is 1.29 bits per heavy atom. The third-order valence-corrected chi connectivity index (χ3v) is 2.13. The van der Waals surface area contributed by atoms with Gasteiger partial charge >= 0.3 is 0 Å². The Morgan fingerprint density at radius 2 is 1.88 bits per heavy atom. The summed E-state index contributed by atoms with van der Waals surface area (Å²) in [4.78, 5) is 13.3. The summed E-state index contributed by atoms with van der Waals surface area (Å²) in [6, 6.07) is 5.41. The van der Waals surface area contributed by atoms with E-state index in [0.29, 0.717) is 11.3 Å². The standard InChI is InChI=1S/C11H16N2O2.C2H6/c1-12-8-5-6-9(10(7-8)15-4)11(14)13(2)3;1-2/h5-7,12H,1-4H3;1-2H3. The Kier molecular flexibility index (Phi) is 6.79. The van der Waals surface area contributed by atoms with Gasteiger partial charge in [0, 0.05) is 32.9 Å². The first kappa shape index (κ1) is 15.3. The van der Waals surface area contributed by atoms with Gasteiger partial charge in [-0.3, -0.25) is 4.79 Å². The number of carbonyl (C=O) groups is 1. The van der Waals surface area contributed by atoms with E-state index in [0.717, 1.165) is 5.69 Å². The topological polar surface area (TPSA) is 41.6 Å². The van der Waals surface area contributed by atoms with E-state index in [1.807, 2.05) is 27.0 Å². The first-order valence-corrected chi connectivity index (χ1v) is 5.67. The molecule has 0 aliphatic heterocycles. The van der Waals surface area contributed by atoms with E-state index in [2.05, 4.69) is 5.32 Å². The van der Waals surface area contributed by atoms with E-state index >= 15 is 0 Å². The van der Waals surface area contributed by atoms with Crippen LogP contribution in [0.2, 0.25) is 0 Å². The molecule has 0 unspecified atom stereocenters. The van der Waals surface area contributed by atoms with Crippen molar-refractivity contribution in [2.45, 2.75) is 13.8 Å². The lowest BCUT2D eigenvalue weighted by molar-refractivity contribution is 0.0824. The minimum atomic E-state index is -0.0606. The molecule has 0 radical (unpaired) electrons. The molecule has 0 aliphatic rings. The zero-order valence-corrected chi connectivity index (χ0v) is 11.5. The Hall–Kier alpha value is -1.71. The summed E-state index contributed by atoms with van der Waals surface area (Å²) in [6.07, 6.45) is 0. The highest BCUT2D eigenvalue weighted by Crippen LogP contribution is 2.23. The fourth-order valence-electron chi connectivity index (χ4n) is 1.26. The van der Waals surface area contributed by atoms with Crippen LogP contribution in [0.5, 0.6) is 5.75 Å². The van der Waals surface area contributed by atoms with Crippen LogP contribution in [0.15, 0.2) is 18.2 Å². The second-order valence-electron chi connectivity index (χ2n) is 3.36. The Balaban J connectivity index is 0.00000121. The molecule has 1 rings (SSSR count). The number of nitrogens with one attached hydrogen (secondary N) is 1. The van der Waals surface area contributed by atoms with Crippen LogP contribution in [-0.2, 0) is 0 Å². The van der Waals surface area contributed by atoms with Crippen LogP contribution in [0.4, 0.5) is 5.69 Å². The molecule has 0 heterocycles. The fourth-order valence-corrected chi connectivity index (χ4v) is 1.26. The van der Waals surface area contributed by atoms with E-state index in [9.17, 15) is 4.79 Å². The van der Waals surface area contributed by atoms with E-state index in [1.165, 1.54) is 4.90 Å². The van der Waals surface area contributed by atoms with Crippen molar-refractivity contribution < 1.29 is 9.53 Å². The molecule has 4 nitrogen and oxygen atoms in total. The second-order valence-corrected chi connectivity index (χ2v) is 3.36. The monoisotopic (exact) mass is 238 g/mol. The number of ether oxygens (including phenoxy) is 1. The molecule has 0 aromatic heterocycles. The number of hydrogen-bond acceptors (Lipinski definition) is 3. The minimum Gasteiger partial charge on any atom is -0.496 e. The van der Waals surface area contributed by atoms with E-state index in [4.69, 9.17) is 4.74 Å². The van der Waals surface area contributed by atoms with Crippen LogP contribution >= 0.6 is 0 Å². The maximum Gasteiger partial charge on any atom is 0.257 e. The van der Waals surface area contributed by atoms with Crippen molar-refractivity contribution in [3.05, 3.63) is 23.8 Å². The van der Waals surface area contributed by atoms with Gasteiger partial charge in [-0.15, -0.1) is 0 Å². The Labute approximate surface area is 104 Å². The Morgan fingerprint density at radius 3 is 2.29 bits per heavy atom. The van der Waals surface area contributed by atoms with Crippen molar-refractivity contribution in [2.75, 3.05) is 33.6 Å². The van der Waals surface area contributed by atoms with E-state index in [1.54, 1.807) is 33.3 Å². The average Bonchev–Trinajstić information content (AvgIpc) is 2.39. The summed E-state index contributed by atoms with van der Waals surface area (Å²) in [5.41, 5.74) is 1.49. The van der Waals surface area contributed by atoms with Crippen LogP contribution < -0.4 is 10.1 Å². The molecular weight excluding hydrogens is 216 g/mol. The van der Waals surface area contributed by atoms with E-state index < -0.39 is 0 Å². The normalized spacial score (nSPS) is 8.82. The smallest absolute Gasteiger partial charge is 0.257 e. The molecule has 0 saturated heterocycles. The van der Waals surface area contributed by atoms with Crippen molar-refractivity contribution in [3.8, 4) is 5.75 Å². The summed E-state index contributed by atoms with van der Waals surface area (Å²) in [6.45, 7) is 4.00. The van der Waals surface area contributed by atoms with Crippen LogP contribution in [-0.4, -0.2) is 39.1 Å². The van der Waals surface area contributed by atoms with Gasteiger partial charge in [0.1, 0.15) is 5.75 Å². The lowest BCUT2D eigenvalue weighted by Gasteiger charge is -2.14. The second kappa shape index (κ2) is 7.54. The predicted octanol–water partition coefficient (Wildman–Crippen LogP) is 2.46.